The van der Waals surface area contributed by atoms with E-state index in [0.29, 0.717) is 0 Å². The molecule has 0 radical (unpaired) electrons. The first-order chi connectivity index (χ1) is 8.78. The van der Waals surface area contributed by atoms with Crippen molar-refractivity contribution in [3.8, 4) is 21.9 Å². The van der Waals surface area contributed by atoms with E-state index in [-0.39, 0.29) is 0 Å². The molecule has 1 aromatic heterocycles. The van der Waals surface area contributed by atoms with Gasteiger partial charge < -0.3 is 14.8 Å². The molecule has 2 rings (SSSR count). The quantitative estimate of drug-likeness (QED) is 0.900. The highest BCUT2D eigenvalue weighted by Gasteiger charge is 2.10. The molecule has 0 spiro atoms. The van der Waals surface area contributed by atoms with E-state index in [1.165, 1.54) is 0 Å². The highest BCUT2D eigenvalue weighted by atomic mass is 32.1. The van der Waals surface area contributed by atoms with E-state index in [1.807, 2.05) is 24.4 Å². The van der Waals surface area contributed by atoms with Gasteiger partial charge in [-0.1, -0.05) is 11.3 Å². The van der Waals surface area contributed by atoms with Crippen LogP contribution < -0.4 is 14.8 Å². The largest absolute Gasteiger partial charge is 0.497 e. The lowest BCUT2D eigenvalue weighted by molar-refractivity contribution is 0.395. The lowest BCUT2D eigenvalue weighted by atomic mass is 10.1. The van der Waals surface area contributed by atoms with Crippen LogP contribution in [0.15, 0.2) is 24.4 Å². The van der Waals surface area contributed by atoms with Gasteiger partial charge in [-0.25, -0.2) is 4.98 Å². The summed E-state index contributed by atoms with van der Waals surface area (Å²) in [5.41, 5.74) is 1.03. The predicted octanol–water partition coefficient (Wildman–Crippen LogP) is 3.26. The Kier molecular flexibility index (Phi) is 4.04. The molecule has 5 heteroatoms. The van der Waals surface area contributed by atoms with Gasteiger partial charge in [0.2, 0.25) is 0 Å². The minimum absolute atomic E-state index is 0.784. The maximum absolute atomic E-state index is 5.39. The number of nitrogens with one attached hydrogen (secondary N) is 1. The van der Waals surface area contributed by atoms with E-state index in [2.05, 4.69) is 17.2 Å². The molecule has 0 aliphatic heterocycles. The van der Waals surface area contributed by atoms with Crippen molar-refractivity contribution >= 4 is 16.5 Å². The molecule has 0 amide bonds. The number of methoxy groups -OCH3 is 2. The number of anilines is 1. The first kappa shape index (κ1) is 12.7. The van der Waals surface area contributed by atoms with Crippen LogP contribution in [0.2, 0.25) is 0 Å². The average Bonchev–Trinajstić information content (AvgIpc) is 2.87. The lowest BCUT2D eigenvalue weighted by Crippen LogP contribution is -1.94. The summed E-state index contributed by atoms with van der Waals surface area (Å²) >= 11 is 1.61. The van der Waals surface area contributed by atoms with Crippen molar-refractivity contribution in [3.63, 3.8) is 0 Å². The molecule has 0 bridgehead atoms. The second-order valence-electron chi connectivity index (χ2n) is 3.63. The van der Waals surface area contributed by atoms with Crippen LogP contribution in [0.4, 0.5) is 5.13 Å². The van der Waals surface area contributed by atoms with Crippen molar-refractivity contribution in [2.75, 3.05) is 26.1 Å². The van der Waals surface area contributed by atoms with Crippen LogP contribution in [0.3, 0.4) is 0 Å². The third-order valence-corrected chi connectivity index (χ3v) is 3.50. The Morgan fingerprint density at radius 3 is 2.78 bits per heavy atom. The third-order valence-electron chi connectivity index (χ3n) is 2.51. The van der Waals surface area contributed by atoms with Gasteiger partial charge in [0.1, 0.15) is 11.5 Å². The maximum atomic E-state index is 5.39. The Bertz CT molecular complexity index is 525. The van der Waals surface area contributed by atoms with Crippen LogP contribution in [0.25, 0.3) is 10.4 Å². The number of hydrogen-bond acceptors (Lipinski definition) is 5. The van der Waals surface area contributed by atoms with Crippen LogP contribution in [0.1, 0.15) is 6.92 Å². The Morgan fingerprint density at radius 2 is 2.11 bits per heavy atom. The zero-order valence-electron chi connectivity index (χ0n) is 10.7. The summed E-state index contributed by atoms with van der Waals surface area (Å²) in [5.74, 6) is 1.58. The summed E-state index contributed by atoms with van der Waals surface area (Å²) < 4.78 is 10.6. The number of aromatic nitrogens is 1. The van der Waals surface area contributed by atoms with Gasteiger partial charge in [-0.05, 0) is 19.1 Å². The molecular formula is C13H16N2O2S. The highest BCUT2D eigenvalue weighted by Crippen LogP contribution is 2.37. The van der Waals surface area contributed by atoms with Gasteiger partial charge in [0.05, 0.1) is 19.1 Å². The highest BCUT2D eigenvalue weighted by molar-refractivity contribution is 7.18. The molecule has 0 fully saturated rings. The van der Waals surface area contributed by atoms with Crippen molar-refractivity contribution in [2.24, 2.45) is 0 Å². The summed E-state index contributed by atoms with van der Waals surface area (Å²) in [7, 11) is 3.30. The third kappa shape index (κ3) is 2.56. The molecule has 4 nitrogen and oxygen atoms in total. The van der Waals surface area contributed by atoms with Gasteiger partial charge in [-0.3, -0.25) is 0 Å². The minimum Gasteiger partial charge on any atom is -0.497 e. The molecular weight excluding hydrogens is 248 g/mol. The molecule has 1 N–H and O–H groups in total. The number of thiazole rings is 1. The van der Waals surface area contributed by atoms with Gasteiger partial charge in [0, 0.05) is 24.4 Å². The van der Waals surface area contributed by atoms with E-state index in [1.54, 1.807) is 25.6 Å². The van der Waals surface area contributed by atoms with Crippen molar-refractivity contribution in [2.45, 2.75) is 6.92 Å². The van der Waals surface area contributed by atoms with E-state index >= 15 is 0 Å². The fourth-order valence-electron chi connectivity index (χ4n) is 1.63. The van der Waals surface area contributed by atoms with Crippen molar-refractivity contribution in [3.05, 3.63) is 24.4 Å². The van der Waals surface area contributed by atoms with E-state index in [0.717, 1.165) is 33.6 Å². The molecule has 0 unspecified atom stereocenters. The first-order valence-electron chi connectivity index (χ1n) is 5.70. The summed E-state index contributed by atoms with van der Waals surface area (Å²) in [6.45, 7) is 2.92. The van der Waals surface area contributed by atoms with Crippen LogP contribution in [-0.2, 0) is 0 Å². The van der Waals surface area contributed by atoms with Crippen LogP contribution in [-0.4, -0.2) is 25.7 Å². The molecule has 0 aliphatic rings. The summed E-state index contributed by atoms with van der Waals surface area (Å²) in [6, 6.07) is 5.79. The van der Waals surface area contributed by atoms with E-state index < -0.39 is 0 Å². The minimum atomic E-state index is 0.784. The lowest BCUT2D eigenvalue weighted by Gasteiger charge is -2.08. The number of ether oxygens (including phenoxy) is 2. The number of nitrogens with zero attached hydrogens (tertiary/aromatic N) is 1. The molecule has 1 aromatic carbocycles. The molecule has 1 heterocycles. The molecule has 2 aromatic rings. The second kappa shape index (κ2) is 5.73. The second-order valence-corrected chi connectivity index (χ2v) is 4.66. The van der Waals surface area contributed by atoms with E-state index in [9.17, 15) is 0 Å². The normalized spacial score (nSPS) is 10.2. The number of hydrogen-bond donors (Lipinski definition) is 1. The van der Waals surface area contributed by atoms with Crippen molar-refractivity contribution in [1.82, 2.24) is 4.98 Å². The number of rotatable bonds is 5. The van der Waals surface area contributed by atoms with Crippen LogP contribution in [0, 0.1) is 0 Å². The Balaban J connectivity index is 2.36. The monoisotopic (exact) mass is 264 g/mol. The molecule has 0 aliphatic carbocycles. The average molecular weight is 264 g/mol. The topological polar surface area (TPSA) is 43.4 Å². The summed E-state index contributed by atoms with van der Waals surface area (Å²) in [4.78, 5) is 5.40. The Morgan fingerprint density at radius 1 is 1.28 bits per heavy atom. The Labute approximate surface area is 111 Å². The molecule has 18 heavy (non-hydrogen) atoms. The van der Waals surface area contributed by atoms with Gasteiger partial charge in [0.25, 0.3) is 0 Å². The fraction of sp³-hybridized carbons (Fsp3) is 0.308. The number of benzene rings is 1. The van der Waals surface area contributed by atoms with Gasteiger partial charge in [-0.2, -0.15) is 0 Å². The predicted molar refractivity (Wildman–Crippen MR) is 74.8 cm³/mol. The van der Waals surface area contributed by atoms with Gasteiger partial charge in [-0.15, -0.1) is 0 Å². The SMILES string of the molecule is CCNc1ncc(-c2ccc(OC)cc2OC)s1. The zero-order valence-corrected chi connectivity index (χ0v) is 11.5. The fourth-order valence-corrected chi connectivity index (χ4v) is 2.55. The molecule has 0 saturated carbocycles. The standard InChI is InChI=1S/C13H16N2O2S/c1-4-14-13-15-8-12(18-13)10-6-5-9(16-2)7-11(10)17-3/h5-8H,4H2,1-3H3,(H,14,15). The van der Waals surface area contributed by atoms with E-state index in [4.69, 9.17) is 9.47 Å². The first-order valence-corrected chi connectivity index (χ1v) is 6.52. The van der Waals surface area contributed by atoms with Gasteiger partial charge in [0.15, 0.2) is 5.13 Å². The zero-order chi connectivity index (χ0) is 13.0. The summed E-state index contributed by atoms with van der Waals surface area (Å²) in [6.07, 6.45) is 1.85. The van der Waals surface area contributed by atoms with Gasteiger partial charge >= 0.3 is 0 Å². The molecule has 0 atom stereocenters. The smallest absolute Gasteiger partial charge is 0.183 e. The maximum Gasteiger partial charge on any atom is 0.183 e. The van der Waals surface area contributed by atoms with Crippen molar-refractivity contribution < 1.29 is 9.47 Å². The van der Waals surface area contributed by atoms with Crippen LogP contribution in [0.5, 0.6) is 11.5 Å². The van der Waals surface area contributed by atoms with Crippen LogP contribution >= 0.6 is 11.3 Å². The molecule has 0 saturated heterocycles. The van der Waals surface area contributed by atoms with Crippen molar-refractivity contribution in [1.29, 1.82) is 0 Å². The Hall–Kier alpha value is -1.75. The summed E-state index contributed by atoms with van der Waals surface area (Å²) in [5, 5.41) is 4.12. The molecule has 96 valence electrons.